The predicted octanol–water partition coefficient (Wildman–Crippen LogP) is 2.65. The number of para-hydroxylation sites is 1. The molecule has 0 saturated heterocycles. The predicted molar refractivity (Wildman–Crippen MR) is 80.8 cm³/mol. The smallest absolute Gasteiger partial charge is 0.144 e. The molecule has 0 bridgehead atoms. The van der Waals surface area contributed by atoms with E-state index in [9.17, 15) is 0 Å². The van der Waals surface area contributed by atoms with Crippen molar-refractivity contribution in [2.75, 3.05) is 30.4 Å². The summed E-state index contributed by atoms with van der Waals surface area (Å²) in [6.45, 7) is 7.96. The van der Waals surface area contributed by atoms with Gasteiger partial charge in [0.05, 0.1) is 18.0 Å². The molecule has 0 radical (unpaired) electrons. The molecule has 0 atom stereocenters. The van der Waals surface area contributed by atoms with Gasteiger partial charge >= 0.3 is 0 Å². The molecule has 0 fully saturated rings. The Morgan fingerprint density at radius 2 is 2.11 bits per heavy atom. The van der Waals surface area contributed by atoms with Crippen LogP contribution in [0.4, 0.5) is 11.4 Å². The number of hydrogen-bond acceptors (Lipinski definition) is 4. The maximum Gasteiger partial charge on any atom is 0.144 e. The first-order valence-corrected chi connectivity index (χ1v) is 7.00. The zero-order chi connectivity index (χ0) is 14.3. The zero-order valence-electron chi connectivity index (χ0n) is 12.2. The molecule has 4 heteroatoms. The van der Waals surface area contributed by atoms with E-state index in [0.717, 1.165) is 30.8 Å². The number of hydrogen-bond donors (Lipinski definition) is 2. The van der Waals surface area contributed by atoms with Gasteiger partial charge in [-0.3, -0.25) is 0 Å². The highest BCUT2D eigenvalue weighted by molar-refractivity contribution is 5.74. The Hall–Kier alpha value is -1.42. The average molecular weight is 266 g/mol. The highest BCUT2D eigenvalue weighted by atomic mass is 16.5. The van der Waals surface area contributed by atoms with Crippen molar-refractivity contribution in [1.82, 2.24) is 0 Å². The Morgan fingerprint density at radius 3 is 2.68 bits per heavy atom. The topological polar surface area (TPSA) is 58.7 Å². The summed E-state index contributed by atoms with van der Waals surface area (Å²) in [5.74, 6) is 0.744. The van der Waals surface area contributed by atoms with Crippen LogP contribution in [0.5, 0.6) is 5.75 Å². The van der Waals surface area contributed by atoms with Crippen molar-refractivity contribution < 1.29 is 9.84 Å². The number of ether oxygens (including phenoxy) is 1. The van der Waals surface area contributed by atoms with E-state index >= 15 is 0 Å². The van der Waals surface area contributed by atoms with Crippen LogP contribution in [-0.4, -0.2) is 30.9 Å². The van der Waals surface area contributed by atoms with Crippen LogP contribution in [0, 0.1) is 0 Å². The number of aliphatic hydroxyl groups excluding tert-OH is 1. The molecule has 0 aliphatic rings. The lowest BCUT2D eigenvalue weighted by Gasteiger charge is -2.30. The molecule has 19 heavy (non-hydrogen) atoms. The van der Waals surface area contributed by atoms with Gasteiger partial charge in [0.2, 0.25) is 0 Å². The normalized spacial score (nSPS) is 10.8. The van der Waals surface area contributed by atoms with Crippen LogP contribution in [0.1, 0.15) is 33.6 Å². The van der Waals surface area contributed by atoms with Crippen molar-refractivity contribution in [1.29, 1.82) is 0 Å². The molecule has 0 aliphatic heterocycles. The van der Waals surface area contributed by atoms with E-state index < -0.39 is 0 Å². The Labute approximate surface area is 116 Å². The third kappa shape index (κ3) is 4.31. The molecule has 0 heterocycles. The van der Waals surface area contributed by atoms with Crippen molar-refractivity contribution in [2.45, 2.75) is 39.7 Å². The summed E-state index contributed by atoms with van der Waals surface area (Å²) in [6.07, 6.45) is 1.69. The van der Waals surface area contributed by atoms with Crippen LogP contribution in [0.3, 0.4) is 0 Å². The standard InChI is InChI=1S/C15H26N2O2/c1-4-11-19-14-8-5-7-13(15(14)16)17(12(2)3)9-6-10-18/h5,7-8,12,18H,4,6,9-11,16H2,1-3H3. The highest BCUT2D eigenvalue weighted by Crippen LogP contribution is 2.33. The number of aliphatic hydroxyl groups is 1. The molecule has 4 nitrogen and oxygen atoms in total. The minimum absolute atomic E-state index is 0.190. The van der Waals surface area contributed by atoms with Crippen molar-refractivity contribution in [2.24, 2.45) is 0 Å². The maximum absolute atomic E-state index is 9.00. The van der Waals surface area contributed by atoms with Gasteiger partial charge in [-0.2, -0.15) is 0 Å². The Kier molecular flexibility index (Phi) is 6.50. The second-order valence-electron chi connectivity index (χ2n) is 4.90. The van der Waals surface area contributed by atoms with Crippen molar-refractivity contribution in [3.8, 4) is 5.75 Å². The average Bonchev–Trinajstić information content (AvgIpc) is 2.39. The fourth-order valence-corrected chi connectivity index (χ4v) is 2.02. The van der Waals surface area contributed by atoms with Crippen LogP contribution in [0.2, 0.25) is 0 Å². The van der Waals surface area contributed by atoms with Crippen molar-refractivity contribution in [3.63, 3.8) is 0 Å². The van der Waals surface area contributed by atoms with E-state index in [4.69, 9.17) is 15.6 Å². The minimum Gasteiger partial charge on any atom is -0.491 e. The summed E-state index contributed by atoms with van der Waals surface area (Å²) >= 11 is 0. The fraction of sp³-hybridized carbons (Fsp3) is 0.600. The second-order valence-corrected chi connectivity index (χ2v) is 4.90. The summed E-state index contributed by atoms with van der Waals surface area (Å²) in [7, 11) is 0. The molecule has 108 valence electrons. The van der Waals surface area contributed by atoms with Gasteiger partial charge < -0.3 is 20.5 Å². The van der Waals surface area contributed by atoms with Crippen LogP contribution in [0.15, 0.2) is 18.2 Å². The Bertz CT molecular complexity index is 380. The first-order valence-electron chi connectivity index (χ1n) is 7.00. The largest absolute Gasteiger partial charge is 0.491 e. The first kappa shape index (κ1) is 15.6. The van der Waals surface area contributed by atoms with Gasteiger partial charge in [-0.05, 0) is 38.8 Å². The summed E-state index contributed by atoms with van der Waals surface area (Å²) in [6, 6.07) is 6.20. The van der Waals surface area contributed by atoms with E-state index in [1.807, 2.05) is 18.2 Å². The lowest BCUT2D eigenvalue weighted by molar-refractivity contribution is 0.288. The monoisotopic (exact) mass is 266 g/mol. The number of nitrogens with two attached hydrogens (primary N) is 1. The SMILES string of the molecule is CCCOc1cccc(N(CCCO)C(C)C)c1N. The van der Waals surface area contributed by atoms with E-state index in [1.165, 1.54) is 0 Å². The molecular weight excluding hydrogens is 240 g/mol. The van der Waals surface area contributed by atoms with Gasteiger partial charge in [0.1, 0.15) is 5.75 Å². The summed E-state index contributed by atoms with van der Waals surface area (Å²) in [5, 5.41) is 9.00. The van der Waals surface area contributed by atoms with Crippen LogP contribution >= 0.6 is 0 Å². The van der Waals surface area contributed by atoms with Gasteiger partial charge in [0.25, 0.3) is 0 Å². The number of rotatable bonds is 8. The van der Waals surface area contributed by atoms with Crippen LogP contribution in [0.25, 0.3) is 0 Å². The third-order valence-electron chi connectivity index (χ3n) is 2.99. The molecule has 1 aromatic rings. The third-order valence-corrected chi connectivity index (χ3v) is 2.99. The fourth-order valence-electron chi connectivity index (χ4n) is 2.02. The van der Waals surface area contributed by atoms with Gasteiger partial charge in [0, 0.05) is 19.2 Å². The Morgan fingerprint density at radius 1 is 1.37 bits per heavy atom. The molecule has 3 N–H and O–H groups in total. The quantitative estimate of drug-likeness (QED) is 0.710. The lowest BCUT2D eigenvalue weighted by Crippen LogP contribution is -2.32. The van der Waals surface area contributed by atoms with Crippen LogP contribution in [-0.2, 0) is 0 Å². The van der Waals surface area contributed by atoms with Crippen LogP contribution < -0.4 is 15.4 Å². The minimum atomic E-state index is 0.190. The zero-order valence-corrected chi connectivity index (χ0v) is 12.2. The van der Waals surface area contributed by atoms with Gasteiger partial charge in [-0.15, -0.1) is 0 Å². The number of nitrogens with zero attached hydrogens (tertiary/aromatic N) is 1. The molecule has 0 amide bonds. The number of benzene rings is 1. The summed E-state index contributed by atoms with van der Waals surface area (Å²) in [5.41, 5.74) is 7.87. The molecule has 1 rings (SSSR count). The first-order chi connectivity index (χ1) is 9.11. The van der Waals surface area contributed by atoms with E-state index in [0.29, 0.717) is 18.3 Å². The van der Waals surface area contributed by atoms with Gasteiger partial charge in [0.15, 0.2) is 0 Å². The summed E-state index contributed by atoms with van der Waals surface area (Å²) < 4.78 is 5.66. The number of anilines is 2. The lowest BCUT2D eigenvalue weighted by atomic mass is 10.2. The van der Waals surface area contributed by atoms with E-state index in [-0.39, 0.29) is 6.61 Å². The Balaban J connectivity index is 2.95. The molecular formula is C15H26N2O2. The molecule has 0 unspecified atom stereocenters. The van der Waals surface area contributed by atoms with Crippen molar-refractivity contribution in [3.05, 3.63) is 18.2 Å². The second kappa shape index (κ2) is 7.89. The summed E-state index contributed by atoms with van der Waals surface area (Å²) in [4.78, 5) is 2.20. The molecule has 0 spiro atoms. The molecule has 0 saturated carbocycles. The maximum atomic E-state index is 9.00. The van der Waals surface area contributed by atoms with E-state index in [2.05, 4.69) is 25.7 Å². The molecule has 0 aliphatic carbocycles. The van der Waals surface area contributed by atoms with Gasteiger partial charge in [-0.1, -0.05) is 13.0 Å². The van der Waals surface area contributed by atoms with E-state index in [1.54, 1.807) is 0 Å². The highest BCUT2D eigenvalue weighted by Gasteiger charge is 2.15. The molecule has 1 aromatic carbocycles. The van der Waals surface area contributed by atoms with Crippen molar-refractivity contribution >= 4 is 11.4 Å². The number of nitrogen functional groups attached to an aromatic ring is 1. The van der Waals surface area contributed by atoms with Gasteiger partial charge in [-0.25, -0.2) is 0 Å². The molecule has 0 aromatic heterocycles.